The van der Waals surface area contributed by atoms with Gasteiger partial charge in [-0.3, -0.25) is 4.79 Å². The highest BCUT2D eigenvalue weighted by atomic mass is 32.1. The number of hydrogen-bond donors (Lipinski definition) is 1. The van der Waals surface area contributed by atoms with Gasteiger partial charge in [0.1, 0.15) is 0 Å². The lowest BCUT2D eigenvalue weighted by Crippen LogP contribution is -2.10. The van der Waals surface area contributed by atoms with Crippen LogP contribution in [0.5, 0.6) is 0 Å². The number of hydrogen-bond acceptors (Lipinski definition) is 3. The number of rotatable bonds is 2. The Morgan fingerprint density at radius 1 is 1.35 bits per heavy atom. The molecule has 0 spiro atoms. The van der Waals surface area contributed by atoms with Gasteiger partial charge in [0.25, 0.3) is 5.91 Å². The molecule has 0 aliphatic heterocycles. The lowest BCUT2D eigenvalue weighted by Gasteiger charge is -2.03. The molecule has 0 saturated carbocycles. The number of fused-ring (bicyclic) bond motifs is 1. The van der Waals surface area contributed by atoms with E-state index in [1.807, 2.05) is 35.2 Å². The first kappa shape index (κ1) is 10.0. The molecule has 0 bridgehead atoms. The van der Waals surface area contributed by atoms with Crippen molar-refractivity contribution in [2.75, 3.05) is 5.32 Å². The summed E-state index contributed by atoms with van der Waals surface area (Å²) in [4.78, 5) is 11.8. The Morgan fingerprint density at radius 3 is 3.12 bits per heavy atom. The highest BCUT2D eigenvalue weighted by Gasteiger charge is 2.06. The van der Waals surface area contributed by atoms with Crippen molar-refractivity contribution in [3.05, 3.63) is 53.0 Å². The molecule has 3 aromatic heterocycles. The molecule has 4 nitrogen and oxygen atoms in total. The highest BCUT2D eigenvalue weighted by molar-refractivity contribution is 7.08. The van der Waals surface area contributed by atoms with E-state index in [4.69, 9.17) is 0 Å². The molecule has 3 rings (SSSR count). The summed E-state index contributed by atoms with van der Waals surface area (Å²) in [5, 5.41) is 10.7. The van der Waals surface area contributed by atoms with Crippen molar-refractivity contribution in [1.82, 2.24) is 9.61 Å². The number of nitrogens with one attached hydrogen (secondary N) is 1. The number of nitrogens with zero attached hydrogens (tertiary/aromatic N) is 2. The van der Waals surface area contributed by atoms with E-state index in [9.17, 15) is 4.79 Å². The van der Waals surface area contributed by atoms with Gasteiger partial charge in [-0.2, -0.15) is 16.4 Å². The fraction of sp³-hybridized carbons (Fsp3) is 0. The van der Waals surface area contributed by atoms with Crippen LogP contribution in [0.25, 0.3) is 5.52 Å². The summed E-state index contributed by atoms with van der Waals surface area (Å²) in [6.07, 6.45) is 3.54. The third-order valence-corrected chi connectivity index (χ3v) is 3.12. The summed E-state index contributed by atoms with van der Waals surface area (Å²) >= 11 is 1.51. The van der Waals surface area contributed by atoms with Gasteiger partial charge >= 0.3 is 0 Å². The quantitative estimate of drug-likeness (QED) is 0.752. The maximum absolute atomic E-state index is 11.8. The van der Waals surface area contributed by atoms with E-state index >= 15 is 0 Å². The van der Waals surface area contributed by atoms with Crippen LogP contribution in [0.1, 0.15) is 10.4 Å². The SMILES string of the molecule is O=C(Nc1ccn2nccc2c1)c1ccsc1. The molecule has 0 aliphatic carbocycles. The lowest BCUT2D eigenvalue weighted by molar-refractivity contribution is 0.102. The Labute approximate surface area is 102 Å². The van der Waals surface area contributed by atoms with Crippen LogP contribution < -0.4 is 5.32 Å². The van der Waals surface area contributed by atoms with Gasteiger partial charge in [-0.1, -0.05) is 0 Å². The van der Waals surface area contributed by atoms with Crippen LogP contribution in [-0.2, 0) is 0 Å². The first-order chi connectivity index (χ1) is 8.33. The van der Waals surface area contributed by atoms with E-state index in [1.54, 1.807) is 16.8 Å². The second kappa shape index (κ2) is 4.03. The number of carbonyl (C=O) groups is 1. The predicted octanol–water partition coefficient (Wildman–Crippen LogP) is 2.65. The first-order valence-corrected chi connectivity index (χ1v) is 6.04. The Balaban J connectivity index is 1.87. The van der Waals surface area contributed by atoms with Crippen molar-refractivity contribution < 1.29 is 4.79 Å². The number of pyridine rings is 1. The van der Waals surface area contributed by atoms with Crippen molar-refractivity contribution >= 4 is 28.4 Å². The van der Waals surface area contributed by atoms with Crippen LogP contribution in [0.3, 0.4) is 0 Å². The van der Waals surface area contributed by atoms with E-state index in [-0.39, 0.29) is 5.91 Å². The molecule has 1 N–H and O–H groups in total. The zero-order chi connectivity index (χ0) is 11.7. The molecule has 1 amide bonds. The first-order valence-electron chi connectivity index (χ1n) is 5.10. The fourth-order valence-electron chi connectivity index (χ4n) is 1.60. The van der Waals surface area contributed by atoms with Crippen LogP contribution in [-0.4, -0.2) is 15.5 Å². The Bertz CT molecular complexity index is 657. The molecule has 0 aromatic carbocycles. The molecule has 0 fully saturated rings. The Morgan fingerprint density at radius 2 is 2.29 bits per heavy atom. The van der Waals surface area contributed by atoms with Gasteiger partial charge < -0.3 is 5.32 Å². The molecular formula is C12H9N3OS. The lowest BCUT2D eigenvalue weighted by atomic mass is 10.3. The highest BCUT2D eigenvalue weighted by Crippen LogP contribution is 2.14. The van der Waals surface area contributed by atoms with Gasteiger partial charge in [-0.25, -0.2) is 4.52 Å². The van der Waals surface area contributed by atoms with Gasteiger partial charge in [-0.15, -0.1) is 0 Å². The van der Waals surface area contributed by atoms with Gasteiger partial charge in [0.2, 0.25) is 0 Å². The summed E-state index contributed by atoms with van der Waals surface area (Å²) in [6, 6.07) is 7.40. The third kappa shape index (κ3) is 1.92. The molecule has 0 atom stereocenters. The number of amides is 1. The van der Waals surface area contributed by atoms with Gasteiger partial charge in [0.05, 0.1) is 11.1 Å². The molecule has 5 heteroatoms. The van der Waals surface area contributed by atoms with Gasteiger partial charge in [-0.05, 0) is 29.6 Å². The molecule has 84 valence electrons. The second-order valence-corrected chi connectivity index (χ2v) is 4.36. The van der Waals surface area contributed by atoms with Crippen molar-refractivity contribution in [1.29, 1.82) is 0 Å². The van der Waals surface area contributed by atoms with E-state index < -0.39 is 0 Å². The second-order valence-electron chi connectivity index (χ2n) is 3.58. The van der Waals surface area contributed by atoms with Crippen LogP contribution >= 0.6 is 11.3 Å². The van der Waals surface area contributed by atoms with E-state index in [0.717, 1.165) is 11.2 Å². The molecular weight excluding hydrogens is 234 g/mol. The van der Waals surface area contributed by atoms with Crippen LogP contribution in [0.4, 0.5) is 5.69 Å². The van der Waals surface area contributed by atoms with Crippen LogP contribution in [0.2, 0.25) is 0 Å². The average molecular weight is 243 g/mol. The Kier molecular flexibility index (Phi) is 2.38. The normalized spacial score (nSPS) is 10.6. The predicted molar refractivity (Wildman–Crippen MR) is 67.5 cm³/mol. The zero-order valence-electron chi connectivity index (χ0n) is 8.83. The van der Waals surface area contributed by atoms with E-state index in [1.165, 1.54) is 11.3 Å². The van der Waals surface area contributed by atoms with Gasteiger partial charge in [0, 0.05) is 23.5 Å². The zero-order valence-corrected chi connectivity index (χ0v) is 9.65. The molecule has 0 unspecified atom stereocenters. The molecule has 0 saturated heterocycles. The number of carbonyl (C=O) groups excluding carboxylic acids is 1. The van der Waals surface area contributed by atoms with Crippen LogP contribution in [0.15, 0.2) is 47.4 Å². The van der Waals surface area contributed by atoms with Crippen molar-refractivity contribution in [3.8, 4) is 0 Å². The van der Waals surface area contributed by atoms with Crippen molar-refractivity contribution in [3.63, 3.8) is 0 Å². The largest absolute Gasteiger partial charge is 0.322 e. The smallest absolute Gasteiger partial charge is 0.256 e. The fourth-order valence-corrected chi connectivity index (χ4v) is 2.23. The van der Waals surface area contributed by atoms with Crippen LogP contribution in [0, 0.1) is 0 Å². The summed E-state index contributed by atoms with van der Waals surface area (Å²) in [5.74, 6) is -0.0879. The van der Waals surface area contributed by atoms with E-state index in [2.05, 4.69) is 10.4 Å². The summed E-state index contributed by atoms with van der Waals surface area (Å²) in [6.45, 7) is 0. The minimum absolute atomic E-state index is 0.0879. The number of aromatic nitrogens is 2. The summed E-state index contributed by atoms with van der Waals surface area (Å²) in [5.41, 5.74) is 2.41. The monoisotopic (exact) mass is 243 g/mol. The van der Waals surface area contributed by atoms with E-state index in [0.29, 0.717) is 5.56 Å². The topological polar surface area (TPSA) is 46.4 Å². The Hall–Kier alpha value is -2.14. The summed E-state index contributed by atoms with van der Waals surface area (Å²) < 4.78 is 1.75. The maximum Gasteiger partial charge on any atom is 0.256 e. The molecule has 17 heavy (non-hydrogen) atoms. The minimum atomic E-state index is -0.0879. The van der Waals surface area contributed by atoms with Gasteiger partial charge in [0.15, 0.2) is 0 Å². The number of thiophene rings is 1. The molecule has 0 aliphatic rings. The summed E-state index contributed by atoms with van der Waals surface area (Å²) in [7, 11) is 0. The molecule has 3 heterocycles. The minimum Gasteiger partial charge on any atom is -0.322 e. The average Bonchev–Trinajstić information content (AvgIpc) is 2.99. The molecule has 0 radical (unpaired) electrons. The van der Waals surface area contributed by atoms with Crippen molar-refractivity contribution in [2.45, 2.75) is 0 Å². The molecule has 3 aromatic rings. The maximum atomic E-state index is 11.8. The number of anilines is 1. The standard InChI is InChI=1S/C12H9N3OS/c16-12(9-3-6-17-8-9)14-10-2-5-15-11(7-10)1-4-13-15/h1-8H,(H,14,16). The third-order valence-electron chi connectivity index (χ3n) is 2.44. The van der Waals surface area contributed by atoms with Crippen molar-refractivity contribution in [2.24, 2.45) is 0 Å².